The highest BCUT2D eigenvalue weighted by Gasteiger charge is 2.27. The molecule has 1 aliphatic rings. The lowest BCUT2D eigenvalue weighted by atomic mass is 9.90. The van der Waals surface area contributed by atoms with Gasteiger partial charge in [-0.25, -0.2) is 0 Å². The second-order valence-electron chi connectivity index (χ2n) is 3.55. The van der Waals surface area contributed by atoms with Crippen LogP contribution in [0.2, 0.25) is 5.02 Å². The van der Waals surface area contributed by atoms with Crippen molar-refractivity contribution >= 4 is 11.6 Å². The monoisotopic (exact) mass is 206 g/mol. The molecule has 0 amide bonds. The second-order valence-corrected chi connectivity index (χ2v) is 3.99. The molecule has 0 bridgehead atoms. The molecule has 2 atom stereocenters. The van der Waals surface area contributed by atoms with Gasteiger partial charge in [-0.05, 0) is 17.7 Å². The maximum Gasteiger partial charge on any atom is 0.0676 e. The normalized spacial score (nSPS) is 26.0. The summed E-state index contributed by atoms with van der Waals surface area (Å²) in [6.07, 6.45) is 0. The van der Waals surface area contributed by atoms with Gasteiger partial charge in [0.1, 0.15) is 0 Å². The third kappa shape index (κ3) is 1.75. The summed E-state index contributed by atoms with van der Waals surface area (Å²) >= 11 is 5.81. The molecule has 0 saturated carbocycles. The summed E-state index contributed by atoms with van der Waals surface area (Å²) < 4.78 is 0. The van der Waals surface area contributed by atoms with Crippen molar-refractivity contribution < 1.29 is 0 Å². The van der Waals surface area contributed by atoms with Crippen molar-refractivity contribution in [3.63, 3.8) is 0 Å². The zero-order valence-corrected chi connectivity index (χ0v) is 8.46. The van der Waals surface area contributed by atoms with Crippen molar-refractivity contribution in [2.45, 2.75) is 5.92 Å². The van der Waals surface area contributed by atoms with Gasteiger partial charge in [0.05, 0.1) is 12.0 Å². The van der Waals surface area contributed by atoms with E-state index >= 15 is 0 Å². The molecule has 2 rings (SSSR count). The first-order chi connectivity index (χ1) is 6.81. The molecule has 1 aromatic rings. The number of hydrogen-bond donors (Lipinski definition) is 1. The van der Waals surface area contributed by atoms with E-state index in [-0.39, 0.29) is 5.92 Å². The summed E-state index contributed by atoms with van der Waals surface area (Å²) in [5.41, 5.74) is 1.20. The summed E-state index contributed by atoms with van der Waals surface area (Å²) in [5.74, 6) is 0.411. The van der Waals surface area contributed by atoms with Crippen molar-refractivity contribution in [2.24, 2.45) is 5.92 Å². The number of nitrogens with one attached hydrogen (secondary N) is 1. The fourth-order valence-electron chi connectivity index (χ4n) is 1.87. The highest BCUT2D eigenvalue weighted by Crippen LogP contribution is 2.28. The van der Waals surface area contributed by atoms with Crippen molar-refractivity contribution in [1.29, 1.82) is 5.26 Å². The molecular formula is C11H11ClN2. The predicted octanol–water partition coefficient (Wildman–Crippen LogP) is 2.17. The first-order valence-electron chi connectivity index (χ1n) is 4.67. The smallest absolute Gasteiger partial charge is 0.0676 e. The Bertz CT molecular complexity index is 353. The van der Waals surface area contributed by atoms with Crippen LogP contribution in [0.1, 0.15) is 11.5 Å². The average Bonchev–Trinajstić information content (AvgIpc) is 2.67. The van der Waals surface area contributed by atoms with E-state index in [1.54, 1.807) is 0 Å². The zero-order chi connectivity index (χ0) is 9.97. The van der Waals surface area contributed by atoms with Crippen molar-refractivity contribution in [3.8, 4) is 6.07 Å². The van der Waals surface area contributed by atoms with Gasteiger partial charge < -0.3 is 5.32 Å². The van der Waals surface area contributed by atoms with E-state index in [0.717, 1.165) is 18.1 Å². The van der Waals surface area contributed by atoms with Gasteiger partial charge in [-0.15, -0.1) is 0 Å². The van der Waals surface area contributed by atoms with E-state index in [0.29, 0.717) is 5.92 Å². The molecule has 0 aromatic heterocycles. The van der Waals surface area contributed by atoms with Gasteiger partial charge >= 0.3 is 0 Å². The molecule has 1 heterocycles. The molecular weight excluding hydrogens is 196 g/mol. The molecule has 2 nitrogen and oxygen atoms in total. The van der Waals surface area contributed by atoms with Crippen molar-refractivity contribution in [2.75, 3.05) is 13.1 Å². The number of benzene rings is 1. The van der Waals surface area contributed by atoms with Gasteiger partial charge in [0.2, 0.25) is 0 Å². The summed E-state index contributed by atoms with van der Waals surface area (Å²) in [5, 5.41) is 12.9. The van der Waals surface area contributed by atoms with Crippen molar-refractivity contribution in [3.05, 3.63) is 34.9 Å². The Morgan fingerprint density at radius 2 is 2.00 bits per heavy atom. The van der Waals surface area contributed by atoms with Crippen LogP contribution >= 0.6 is 11.6 Å². The molecule has 1 N–H and O–H groups in total. The second kappa shape index (κ2) is 4.00. The summed E-state index contributed by atoms with van der Waals surface area (Å²) in [6, 6.07) is 10.1. The maximum atomic E-state index is 8.94. The number of hydrogen-bond acceptors (Lipinski definition) is 2. The van der Waals surface area contributed by atoms with Crippen LogP contribution in [-0.2, 0) is 0 Å². The highest BCUT2D eigenvalue weighted by molar-refractivity contribution is 6.30. The number of nitriles is 1. The lowest BCUT2D eigenvalue weighted by Gasteiger charge is -2.12. The predicted molar refractivity (Wildman–Crippen MR) is 56.2 cm³/mol. The van der Waals surface area contributed by atoms with Crippen LogP contribution in [0.15, 0.2) is 24.3 Å². The Morgan fingerprint density at radius 3 is 2.64 bits per heavy atom. The van der Waals surface area contributed by atoms with Crippen LogP contribution in [0.3, 0.4) is 0 Å². The molecule has 0 aliphatic carbocycles. The molecule has 14 heavy (non-hydrogen) atoms. The Hall–Kier alpha value is -1.04. The fourth-order valence-corrected chi connectivity index (χ4v) is 2.00. The number of rotatable bonds is 1. The van der Waals surface area contributed by atoms with Gasteiger partial charge in [0, 0.05) is 24.0 Å². The molecule has 1 unspecified atom stereocenters. The van der Waals surface area contributed by atoms with E-state index in [2.05, 4.69) is 11.4 Å². The number of nitrogens with zero attached hydrogens (tertiary/aromatic N) is 1. The van der Waals surface area contributed by atoms with Crippen LogP contribution in [0.25, 0.3) is 0 Å². The zero-order valence-electron chi connectivity index (χ0n) is 7.70. The van der Waals surface area contributed by atoms with Crippen LogP contribution in [0.4, 0.5) is 0 Å². The van der Waals surface area contributed by atoms with Gasteiger partial charge in [0.25, 0.3) is 0 Å². The molecule has 1 aliphatic heterocycles. The van der Waals surface area contributed by atoms with Gasteiger partial charge in [-0.2, -0.15) is 5.26 Å². The minimum atomic E-state index is 0.0937. The van der Waals surface area contributed by atoms with Crippen LogP contribution in [0.5, 0.6) is 0 Å². The largest absolute Gasteiger partial charge is 0.315 e. The van der Waals surface area contributed by atoms with Crippen LogP contribution in [-0.4, -0.2) is 13.1 Å². The quantitative estimate of drug-likeness (QED) is 0.765. The summed E-state index contributed by atoms with van der Waals surface area (Å²) in [4.78, 5) is 0. The number of halogens is 1. The Balaban J connectivity index is 2.23. The first-order valence-corrected chi connectivity index (χ1v) is 5.05. The SMILES string of the molecule is N#CC1CNC[C@H]1c1ccc(Cl)cc1. The van der Waals surface area contributed by atoms with Crippen molar-refractivity contribution in [1.82, 2.24) is 5.32 Å². The molecule has 0 spiro atoms. The molecule has 1 saturated heterocycles. The van der Waals surface area contributed by atoms with Crippen LogP contribution in [0, 0.1) is 17.2 Å². The lowest BCUT2D eigenvalue weighted by molar-refractivity contribution is 0.646. The Labute approximate surface area is 88.5 Å². The molecule has 3 heteroatoms. The van der Waals surface area contributed by atoms with E-state index in [1.165, 1.54) is 5.56 Å². The maximum absolute atomic E-state index is 8.94. The van der Waals surface area contributed by atoms with Gasteiger partial charge in [-0.3, -0.25) is 0 Å². The standard InChI is InChI=1S/C11H11ClN2/c12-10-3-1-8(2-4-10)11-7-14-6-9(11)5-13/h1-4,9,11,14H,6-7H2/t9?,11-/m0/s1. The third-order valence-corrected chi connectivity index (χ3v) is 2.93. The minimum absolute atomic E-state index is 0.0937. The minimum Gasteiger partial charge on any atom is -0.315 e. The summed E-state index contributed by atoms with van der Waals surface area (Å²) in [6.45, 7) is 1.68. The van der Waals surface area contributed by atoms with E-state index in [4.69, 9.17) is 16.9 Å². The van der Waals surface area contributed by atoms with Gasteiger partial charge in [-0.1, -0.05) is 23.7 Å². The molecule has 1 fully saturated rings. The third-order valence-electron chi connectivity index (χ3n) is 2.68. The highest BCUT2D eigenvalue weighted by atomic mass is 35.5. The Kier molecular flexibility index (Phi) is 2.72. The van der Waals surface area contributed by atoms with Gasteiger partial charge in [0.15, 0.2) is 0 Å². The molecule has 72 valence electrons. The fraction of sp³-hybridized carbons (Fsp3) is 0.364. The lowest BCUT2D eigenvalue weighted by Crippen LogP contribution is -2.08. The van der Waals surface area contributed by atoms with E-state index < -0.39 is 0 Å². The average molecular weight is 207 g/mol. The van der Waals surface area contributed by atoms with E-state index in [9.17, 15) is 0 Å². The summed E-state index contributed by atoms with van der Waals surface area (Å²) in [7, 11) is 0. The molecule has 1 aromatic carbocycles. The topological polar surface area (TPSA) is 35.8 Å². The molecule has 0 radical (unpaired) electrons. The van der Waals surface area contributed by atoms with Crippen LogP contribution < -0.4 is 5.32 Å². The Morgan fingerprint density at radius 1 is 1.29 bits per heavy atom. The first kappa shape index (κ1) is 9.51. The van der Waals surface area contributed by atoms with E-state index in [1.807, 2.05) is 24.3 Å².